The van der Waals surface area contributed by atoms with Gasteiger partial charge in [-0.15, -0.1) is 0 Å². The molecule has 1 atom stereocenters. The van der Waals surface area contributed by atoms with Crippen molar-refractivity contribution < 1.29 is 18.7 Å². The fourth-order valence-corrected chi connectivity index (χ4v) is 4.30. The summed E-state index contributed by atoms with van der Waals surface area (Å²) in [4.78, 5) is 17.8. The van der Waals surface area contributed by atoms with E-state index in [-0.39, 0.29) is 18.3 Å². The first kappa shape index (κ1) is 24.3. The number of nitrogens with one attached hydrogen (secondary N) is 2. The van der Waals surface area contributed by atoms with Crippen molar-refractivity contribution in [1.29, 1.82) is 0 Å². The summed E-state index contributed by atoms with van der Waals surface area (Å²) < 4.78 is 27.1. The Labute approximate surface area is 217 Å². The Balaban J connectivity index is 1.47. The van der Waals surface area contributed by atoms with Crippen molar-refractivity contribution in [3.8, 4) is 11.5 Å². The largest absolute Gasteiger partial charge is 0.493 e. The van der Waals surface area contributed by atoms with Crippen LogP contribution in [0.1, 0.15) is 24.1 Å². The molecule has 37 heavy (non-hydrogen) atoms. The summed E-state index contributed by atoms with van der Waals surface area (Å²) in [6.07, 6.45) is 1.42. The minimum absolute atomic E-state index is 0.0384. The van der Waals surface area contributed by atoms with E-state index < -0.39 is 6.04 Å². The number of benzene rings is 3. The molecular formula is C27H23ClFN5O3. The van der Waals surface area contributed by atoms with E-state index in [4.69, 9.17) is 21.1 Å². The first-order chi connectivity index (χ1) is 17.9. The number of aromatic nitrogens is 3. The number of carbonyl (C=O) groups excluding carboxylic acids is 1. The van der Waals surface area contributed by atoms with Crippen LogP contribution in [0.25, 0.3) is 0 Å². The monoisotopic (exact) mass is 519 g/mol. The summed E-state index contributed by atoms with van der Waals surface area (Å²) in [6, 6.07) is 18.0. The summed E-state index contributed by atoms with van der Waals surface area (Å²) in [7, 11) is 1.52. The minimum Gasteiger partial charge on any atom is -0.493 e. The third kappa shape index (κ3) is 4.99. The quantitative estimate of drug-likeness (QED) is 0.331. The van der Waals surface area contributed by atoms with Gasteiger partial charge in [-0.2, -0.15) is 10.1 Å². The van der Waals surface area contributed by atoms with E-state index in [9.17, 15) is 9.18 Å². The van der Waals surface area contributed by atoms with E-state index >= 15 is 0 Å². The number of carbonyl (C=O) groups is 1. The molecule has 0 aliphatic carbocycles. The van der Waals surface area contributed by atoms with Gasteiger partial charge >= 0.3 is 0 Å². The van der Waals surface area contributed by atoms with Crippen LogP contribution in [0.2, 0.25) is 5.02 Å². The van der Waals surface area contributed by atoms with Crippen LogP contribution in [-0.2, 0) is 11.4 Å². The minimum atomic E-state index is -0.597. The van der Waals surface area contributed by atoms with Crippen LogP contribution in [0.3, 0.4) is 0 Å². The lowest BCUT2D eigenvalue weighted by atomic mass is 9.94. The molecular weight excluding hydrogens is 497 g/mol. The molecule has 188 valence electrons. The number of methoxy groups -OCH3 is 1. The number of fused-ring (bicyclic) bond motifs is 1. The van der Waals surface area contributed by atoms with E-state index in [1.807, 2.05) is 13.0 Å². The second-order valence-electron chi connectivity index (χ2n) is 8.35. The van der Waals surface area contributed by atoms with E-state index in [0.717, 1.165) is 5.56 Å². The molecule has 3 aromatic carbocycles. The lowest BCUT2D eigenvalue weighted by molar-refractivity contribution is -0.113. The molecule has 2 heterocycles. The van der Waals surface area contributed by atoms with Crippen molar-refractivity contribution in [2.24, 2.45) is 0 Å². The predicted molar refractivity (Wildman–Crippen MR) is 138 cm³/mol. The zero-order valence-electron chi connectivity index (χ0n) is 20.0. The number of amides is 1. The van der Waals surface area contributed by atoms with Crippen molar-refractivity contribution in [1.82, 2.24) is 14.8 Å². The van der Waals surface area contributed by atoms with Crippen molar-refractivity contribution in [2.45, 2.75) is 19.6 Å². The molecule has 1 amide bonds. The molecule has 1 aromatic heterocycles. The number of ether oxygens (including phenoxy) is 2. The topological polar surface area (TPSA) is 90.3 Å². The van der Waals surface area contributed by atoms with Gasteiger partial charge in [-0.3, -0.25) is 4.79 Å². The zero-order valence-corrected chi connectivity index (χ0v) is 20.8. The van der Waals surface area contributed by atoms with Crippen molar-refractivity contribution in [3.63, 3.8) is 0 Å². The molecule has 0 unspecified atom stereocenters. The summed E-state index contributed by atoms with van der Waals surface area (Å²) in [5, 5.41) is 11.0. The van der Waals surface area contributed by atoms with Gasteiger partial charge < -0.3 is 20.1 Å². The number of hydrogen-bond donors (Lipinski definition) is 2. The second-order valence-corrected chi connectivity index (χ2v) is 8.78. The van der Waals surface area contributed by atoms with Crippen LogP contribution in [0, 0.1) is 5.82 Å². The number of hydrogen-bond acceptors (Lipinski definition) is 6. The van der Waals surface area contributed by atoms with Crippen LogP contribution < -0.4 is 20.1 Å². The van der Waals surface area contributed by atoms with Gasteiger partial charge in [0, 0.05) is 22.0 Å². The molecule has 0 fully saturated rings. The standard InChI is InChI=1S/C27H23ClFN5O3/c1-16-24(26(35)33-20-10-8-19(28)9-11-20)25(34-27(32-16)30-15-31-34)17-7-12-22(23(13-17)36-2)37-14-18-5-3-4-6-21(18)29/h3-13,15,25H,14H2,1-2H3,(H,33,35)(H,30,31,32)/t25-/m1/s1. The first-order valence-corrected chi connectivity index (χ1v) is 11.8. The number of anilines is 2. The lowest BCUT2D eigenvalue weighted by Crippen LogP contribution is -2.31. The number of halogens is 2. The van der Waals surface area contributed by atoms with E-state index in [2.05, 4.69) is 20.7 Å². The molecule has 1 aliphatic heterocycles. The van der Waals surface area contributed by atoms with E-state index in [1.54, 1.807) is 59.3 Å². The first-order valence-electron chi connectivity index (χ1n) is 11.4. The van der Waals surface area contributed by atoms with Crippen molar-refractivity contribution in [3.05, 3.63) is 106 Å². The second kappa shape index (κ2) is 10.3. The Kier molecular flexibility index (Phi) is 6.78. The Morgan fingerprint density at radius 3 is 2.68 bits per heavy atom. The molecule has 5 rings (SSSR count). The lowest BCUT2D eigenvalue weighted by Gasteiger charge is -2.29. The number of rotatable bonds is 7. The van der Waals surface area contributed by atoms with E-state index in [1.165, 1.54) is 19.5 Å². The van der Waals surface area contributed by atoms with Crippen LogP contribution in [0.15, 0.2) is 84.3 Å². The molecule has 10 heteroatoms. The van der Waals surface area contributed by atoms with E-state index in [0.29, 0.717) is 45.0 Å². The average molecular weight is 520 g/mol. The molecule has 4 aromatic rings. The maximum absolute atomic E-state index is 14.0. The normalized spacial score (nSPS) is 14.5. The van der Waals surface area contributed by atoms with Crippen LogP contribution in [0.5, 0.6) is 11.5 Å². The fourth-order valence-electron chi connectivity index (χ4n) is 4.17. The van der Waals surface area contributed by atoms with Gasteiger partial charge in [0.25, 0.3) is 5.91 Å². The van der Waals surface area contributed by atoms with Crippen LogP contribution in [-0.4, -0.2) is 27.8 Å². The maximum atomic E-state index is 14.0. The number of nitrogens with zero attached hydrogens (tertiary/aromatic N) is 3. The van der Waals surface area contributed by atoms with Gasteiger partial charge in [-0.1, -0.05) is 35.9 Å². The third-order valence-electron chi connectivity index (χ3n) is 5.99. The number of allylic oxidation sites excluding steroid dienone is 1. The van der Waals surface area contributed by atoms with Gasteiger partial charge in [-0.05, 0) is 55.0 Å². The fraction of sp³-hybridized carbons (Fsp3) is 0.148. The zero-order chi connectivity index (χ0) is 25.9. The van der Waals surface area contributed by atoms with Crippen LogP contribution >= 0.6 is 11.6 Å². The van der Waals surface area contributed by atoms with Gasteiger partial charge in [0.1, 0.15) is 24.8 Å². The molecule has 2 N–H and O–H groups in total. The Hall–Kier alpha value is -4.37. The summed E-state index contributed by atoms with van der Waals surface area (Å²) >= 11 is 5.98. The third-order valence-corrected chi connectivity index (χ3v) is 6.24. The van der Waals surface area contributed by atoms with Gasteiger partial charge in [0.2, 0.25) is 5.95 Å². The molecule has 0 saturated heterocycles. The summed E-state index contributed by atoms with van der Waals surface area (Å²) in [6.45, 7) is 1.85. The average Bonchev–Trinajstić information content (AvgIpc) is 3.36. The van der Waals surface area contributed by atoms with Crippen LogP contribution in [0.4, 0.5) is 16.0 Å². The van der Waals surface area contributed by atoms with Gasteiger partial charge in [0.05, 0.1) is 12.7 Å². The summed E-state index contributed by atoms with van der Waals surface area (Å²) in [5.74, 6) is 0.726. The Morgan fingerprint density at radius 1 is 1.14 bits per heavy atom. The Morgan fingerprint density at radius 2 is 1.92 bits per heavy atom. The Bertz CT molecular complexity index is 1490. The molecule has 1 aliphatic rings. The SMILES string of the molecule is COc1cc([C@@H]2C(C(=O)Nc3ccc(Cl)cc3)=C(C)Nc3ncnn32)ccc1OCc1ccccc1F. The molecule has 0 radical (unpaired) electrons. The molecule has 8 nitrogen and oxygen atoms in total. The highest BCUT2D eigenvalue weighted by Crippen LogP contribution is 2.39. The highest BCUT2D eigenvalue weighted by molar-refractivity contribution is 6.30. The molecule has 0 saturated carbocycles. The smallest absolute Gasteiger partial charge is 0.255 e. The van der Waals surface area contributed by atoms with Crippen molar-refractivity contribution in [2.75, 3.05) is 17.7 Å². The summed E-state index contributed by atoms with van der Waals surface area (Å²) in [5.41, 5.74) is 2.85. The maximum Gasteiger partial charge on any atom is 0.255 e. The highest BCUT2D eigenvalue weighted by Gasteiger charge is 2.34. The highest BCUT2D eigenvalue weighted by atomic mass is 35.5. The van der Waals surface area contributed by atoms with Gasteiger partial charge in [-0.25, -0.2) is 9.07 Å². The van der Waals surface area contributed by atoms with Crippen molar-refractivity contribution >= 4 is 29.1 Å². The van der Waals surface area contributed by atoms with Gasteiger partial charge in [0.15, 0.2) is 11.5 Å². The molecule has 0 spiro atoms. The predicted octanol–water partition coefficient (Wildman–Crippen LogP) is 5.59. The molecule has 0 bridgehead atoms.